The molecule has 18 heavy (non-hydrogen) atoms. The first-order valence-corrected chi connectivity index (χ1v) is 7.48. The van der Waals surface area contributed by atoms with E-state index >= 15 is 0 Å². The maximum Gasteiger partial charge on any atom is 0.211 e. The molecule has 0 amide bonds. The van der Waals surface area contributed by atoms with Gasteiger partial charge in [-0.2, -0.15) is 0 Å². The largest absolute Gasteiger partial charge is 0.320 e. The highest BCUT2D eigenvalue weighted by molar-refractivity contribution is 7.89. The molecule has 1 aromatic carbocycles. The number of hydrogen-bond acceptors (Lipinski definition) is 3. The lowest BCUT2D eigenvalue weighted by Crippen LogP contribution is -2.25. The maximum atomic E-state index is 11.6. The summed E-state index contributed by atoms with van der Waals surface area (Å²) in [5, 5.41) is 0. The van der Waals surface area contributed by atoms with E-state index in [0.29, 0.717) is 6.42 Å². The van der Waals surface area contributed by atoms with E-state index in [4.69, 9.17) is 5.73 Å². The van der Waals surface area contributed by atoms with Gasteiger partial charge in [-0.05, 0) is 18.1 Å². The average molecular weight is 266 g/mol. The lowest BCUT2D eigenvalue weighted by atomic mass is 10.1. The predicted molar refractivity (Wildman–Crippen MR) is 73.3 cm³/mol. The van der Waals surface area contributed by atoms with Crippen molar-refractivity contribution in [1.29, 1.82) is 0 Å². The van der Waals surface area contributed by atoms with Gasteiger partial charge < -0.3 is 5.73 Å². The van der Waals surface area contributed by atoms with Crippen LogP contribution in [-0.2, 0) is 16.6 Å². The Morgan fingerprint density at radius 3 is 2.72 bits per heavy atom. The molecule has 0 spiro atoms. The first-order chi connectivity index (χ1) is 8.59. The van der Waals surface area contributed by atoms with Crippen molar-refractivity contribution in [3.05, 3.63) is 35.4 Å². The average Bonchev–Trinajstić information content (AvgIpc) is 2.35. The highest BCUT2D eigenvalue weighted by Gasteiger charge is 2.09. The van der Waals surface area contributed by atoms with E-state index in [-0.39, 0.29) is 18.8 Å². The van der Waals surface area contributed by atoms with Crippen LogP contribution in [0.4, 0.5) is 0 Å². The Balaban J connectivity index is 2.79. The Labute approximate surface area is 109 Å². The third-order valence-electron chi connectivity index (χ3n) is 2.30. The van der Waals surface area contributed by atoms with Gasteiger partial charge in [-0.1, -0.05) is 37.0 Å². The molecule has 1 aromatic rings. The zero-order valence-corrected chi connectivity index (χ0v) is 11.3. The molecule has 5 heteroatoms. The molecule has 0 atom stereocenters. The van der Waals surface area contributed by atoms with E-state index in [0.717, 1.165) is 11.1 Å². The second-order valence-electron chi connectivity index (χ2n) is 3.80. The van der Waals surface area contributed by atoms with Crippen LogP contribution < -0.4 is 10.5 Å². The lowest BCUT2D eigenvalue weighted by Gasteiger charge is -2.07. The molecule has 0 aliphatic heterocycles. The van der Waals surface area contributed by atoms with Gasteiger partial charge in [0.05, 0.1) is 12.3 Å². The third kappa shape index (κ3) is 4.88. The quantitative estimate of drug-likeness (QED) is 0.775. The van der Waals surface area contributed by atoms with Gasteiger partial charge in [0.25, 0.3) is 0 Å². The number of sulfonamides is 1. The van der Waals surface area contributed by atoms with Crippen LogP contribution in [0.25, 0.3) is 0 Å². The van der Waals surface area contributed by atoms with Crippen molar-refractivity contribution in [3.8, 4) is 11.8 Å². The molecule has 3 N–H and O–H groups in total. The standard InChI is InChI=1S/C13H18N2O2S/c1-2-10-18(16,17)15-11-13-7-4-3-6-12(13)8-5-9-14/h3-4,6-7,15H,2,9-11,14H2,1H3. The van der Waals surface area contributed by atoms with E-state index in [2.05, 4.69) is 16.6 Å². The van der Waals surface area contributed by atoms with Crippen LogP contribution >= 0.6 is 0 Å². The molecule has 0 radical (unpaired) electrons. The van der Waals surface area contributed by atoms with Crippen LogP contribution in [0.3, 0.4) is 0 Å². The van der Waals surface area contributed by atoms with Gasteiger partial charge >= 0.3 is 0 Å². The first kappa shape index (κ1) is 14.7. The zero-order chi connectivity index (χ0) is 13.4. The summed E-state index contributed by atoms with van der Waals surface area (Å²) < 4.78 is 25.7. The van der Waals surface area contributed by atoms with E-state index in [1.54, 1.807) is 0 Å². The predicted octanol–water partition coefficient (Wildman–Crippen LogP) is 0.826. The van der Waals surface area contributed by atoms with Crippen LogP contribution in [0, 0.1) is 11.8 Å². The van der Waals surface area contributed by atoms with Crippen molar-refractivity contribution < 1.29 is 8.42 Å². The Kier molecular flexibility index (Phi) is 5.86. The van der Waals surface area contributed by atoms with Crippen molar-refractivity contribution >= 4 is 10.0 Å². The molecular weight excluding hydrogens is 248 g/mol. The summed E-state index contributed by atoms with van der Waals surface area (Å²) in [4.78, 5) is 0. The second kappa shape index (κ2) is 7.17. The molecule has 4 nitrogen and oxygen atoms in total. The molecular formula is C13H18N2O2S. The van der Waals surface area contributed by atoms with Gasteiger partial charge in [0.2, 0.25) is 10.0 Å². The van der Waals surface area contributed by atoms with Gasteiger partial charge in [-0.15, -0.1) is 0 Å². The summed E-state index contributed by atoms with van der Waals surface area (Å²) in [5.74, 6) is 5.84. The fraction of sp³-hybridized carbons (Fsp3) is 0.385. The summed E-state index contributed by atoms with van der Waals surface area (Å²) in [6.45, 7) is 2.38. The maximum absolute atomic E-state index is 11.6. The topological polar surface area (TPSA) is 72.2 Å². The summed E-state index contributed by atoms with van der Waals surface area (Å²) >= 11 is 0. The molecule has 0 saturated carbocycles. The van der Waals surface area contributed by atoms with Gasteiger partial charge in [0, 0.05) is 12.1 Å². The van der Waals surface area contributed by atoms with Crippen molar-refractivity contribution in [2.45, 2.75) is 19.9 Å². The van der Waals surface area contributed by atoms with Gasteiger partial charge in [0.1, 0.15) is 0 Å². The summed E-state index contributed by atoms with van der Waals surface area (Å²) in [6.07, 6.45) is 0.601. The number of nitrogens with two attached hydrogens (primary N) is 1. The van der Waals surface area contributed by atoms with Gasteiger partial charge in [0.15, 0.2) is 0 Å². The Morgan fingerprint density at radius 1 is 1.33 bits per heavy atom. The van der Waals surface area contributed by atoms with E-state index in [1.165, 1.54) is 0 Å². The van der Waals surface area contributed by atoms with Crippen molar-refractivity contribution in [2.75, 3.05) is 12.3 Å². The molecule has 0 saturated heterocycles. The summed E-state index contributed by atoms with van der Waals surface area (Å²) in [6, 6.07) is 7.43. The molecule has 0 aliphatic carbocycles. The summed E-state index contributed by atoms with van der Waals surface area (Å²) in [7, 11) is -3.19. The van der Waals surface area contributed by atoms with Gasteiger partial charge in [-0.3, -0.25) is 0 Å². The van der Waals surface area contributed by atoms with Crippen LogP contribution in [0.15, 0.2) is 24.3 Å². The zero-order valence-electron chi connectivity index (χ0n) is 10.4. The Bertz CT molecular complexity index is 542. The molecule has 0 fully saturated rings. The lowest BCUT2D eigenvalue weighted by molar-refractivity contribution is 0.580. The molecule has 0 bridgehead atoms. The Morgan fingerprint density at radius 2 is 2.06 bits per heavy atom. The molecule has 0 heterocycles. The molecule has 0 aromatic heterocycles. The minimum Gasteiger partial charge on any atom is -0.320 e. The van der Waals surface area contributed by atoms with Crippen LogP contribution in [0.5, 0.6) is 0 Å². The molecule has 0 aliphatic rings. The minimum atomic E-state index is -3.19. The highest BCUT2D eigenvalue weighted by atomic mass is 32.2. The number of benzene rings is 1. The molecule has 1 rings (SSSR count). The van der Waals surface area contributed by atoms with Crippen LogP contribution in [0.1, 0.15) is 24.5 Å². The van der Waals surface area contributed by atoms with E-state index in [9.17, 15) is 8.42 Å². The van der Waals surface area contributed by atoms with Crippen molar-refractivity contribution in [2.24, 2.45) is 5.73 Å². The first-order valence-electron chi connectivity index (χ1n) is 5.83. The second-order valence-corrected chi connectivity index (χ2v) is 5.73. The SMILES string of the molecule is CCCS(=O)(=O)NCc1ccccc1C#CCN. The Hall–Kier alpha value is -1.35. The number of nitrogens with one attached hydrogen (secondary N) is 1. The summed E-state index contributed by atoms with van der Waals surface area (Å²) in [5.41, 5.74) is 6.99. The van der Waals surface area contributed by atoms with Crippen molar-refractivity contribution in [3.63, 3.8) is 0 Å². The minimum absolute atomic E-state index is 0.143. The van der Waals surface area contributed by atoms with Gasteiger partial charge in [-0.25, -0.2) is 13.1 Å². The smallest absolute Gasteiger partial charge is 0.211 e. The monoisotopic (exact) mass is 266 g/mol. The van der Waals surface area contributed by atoms with E-state index < -0.39 is 10.0 Å². The highest BCUT2D eigenvalue weighted by Crippen LogP contribution is 2.07. The van der Waals surface area contributed by atoms with Crippen molar-refractivity contribution in [1.82, 2.24) is 4.72 Å². The molecule has 98 valence electrons. The van der Waals surface area contributed by atoms with Crippen LogP contribution in [-0.4, -0.2) is 20.7 Å². The fourth-order valence-electron chi connectivity index (χ4n) is 1.47. The number of hydrogen-bond donors (Lipinski definition) is 2. The third-order valence-corrected chi connectivity index (χ3v) is 3.83. The van der Waals surface area contributed by atoms with E-state index in [1.807, 2.05) is 31.2 Å². The number of rotatable bonds is 5. The normalized spacial score (nSPS) is 10.8. The molecule has 0 unspecified atom stereocenters. The fourth-order valence-corrected chi connectivity index (χ4v) is 2.53. The van der Waals surface area contributed by atoms with Crippen LogP contribution in [0.2, 0.25) is 0 Å².